The van der Waals surface area contributed by atoms with Crippen molar-refractivity contribution in [3.63, 3.8) is 0 Å². The number of hydrogen-bond acceptors (Lipinski definition) is 3. The van der Waals surface area contributed by atoms with Crippen LogP contribution in [-0.4, -0.2) is 5.91 Å². The van der Waals surface area contributed by atoms with Crippen LogP contribution in [0.25, 0.3) is 0 Å². The van der Waals surface area contributed by atoms with Crippen molar-refractivity contribution in [1.82, 2.24) is 5.32 Å². The third-order valence-corrected chi connectivity index (χ3v) is 3.77. The van der Waals surface area contributed by atoms with Gasteiger partial charge in [-0.2, -0.15) is 0 Å². The lowest BCUT2D eigenvalue weighted by Crippen LogP contribution is -2.33. The van der Waals surface area contributed by atoms with Gasteiger partial charge < -0.3 is 5.73 Å². The van der Waals surface area contributed by atoms with Gasteiger partial charge in [-0.25, -0.2) is 4.39 Å². The molecule has 0 fully saturated rings. The molecule has 0 bridgehead atoms. The summed E-state index contributed by atoms with van der Waals surface area (Å²) in [6, 6.07) is 7.59. The van der Waals surface area contributed by atoms with Crippen LogP contribution in [0.2, 0.25) is 0 Å². The molecule has 3 N–H and O–H groups in total. The van der Waals surface area contributed by atoms with Gasteiger partial charge in [-0.3, -0.25) is 10.1 Å². The highest BCUT2D eigenvalue weighted by Crippen LogP contribution is 2.20. The second kappa shape index (κ2) is 5.95. The SMILES string of the molecule is Cc1ccc(F)cc1C(NCc1cccs1)C(N)=O. The first-order valence-corrected chi connectivity index (χ1v) is 6.77. The normalized spacial score (nSPS) is 12.3. The minimum atomic E-state index is -0.683. The van der Waals surface area contributed by atoms with Crippen LogP contribution >= 0.6 is 11.3 Å². The monoisotopic (exact) mass is 278 g/mol. The van der Waals surface area contributed by atoms with Crippen molar-refractivity contribution < 1.29 is 9.18 Å². The molecule has 0 aliphatic heterocycles. The molecule has 0 aliphatic rings. The molecule has 1 amide bonds. The number of thiophene rings is 1. The Morgan fingerprint density at radius 1 is 1.47 bits per heavy atom. The topological polar surface area (TPSA) is 55.1 Å². The Labute approximate surface area is 115 Å². The van der Waals surface area contributed by atoms with Crippen molar-refractivity contribution in [2.75, 3.05) is 0 Å². The zero-order chi connectivity index (χ0) is 13.8. The summed E-state index contributed by atoms with van der Waals surface area (Å²) in [5.41, 5.74) is 6.83. The van der Waals surface area contributed by atoms with Crippen LogP contribution in [-0.2, 0) is 11.3 Å². The van der Waals surface area contributed by atoms with Crippen molar-refractivity contribution in [1.29, 1.82) is 0 Å². The van der Waals surface area contributed by atoms with E-state index in [1.807, 2.05) is 24.4 Å². The molecule has 1 aromatic heterocycles. The number of benzene rings is 1. The summed E-state index contributed by atoms with van der Waals surface area (Å²) in [5, 5.41) is 5.04. The van der Waals surface area contributed by atoms with Crippen LogP contribution in [0.5, 0.6) is 0 Å². The number of carbonyl (C=O) groups excluding carboxylic acids is 1. The molecular weight excluding hydrogens is 263 g/mol. The van der Waals surface area contributed by atoms with Gasteiger partial charge in [-0.15, -0.1) is 11.3 Å². The van der Waals surface area contributed by atoms with Crippen molar-refractivity contribution in [2.24, 2.45) is 5.73 Å². The first-order chi connectivity index (χ1) is 9.08. The summed E-state index contributed by atoms with van der Waals surface area (Å²) in [6.45, 7) is 2.36. The molecule has 1 aromatic carbocycles. The molecule has 2 rings (SSSR count). The highest BCUT2D eigenvalue weighted by atomic mass is 32.1. The van der Waals surface area contributed by atoms with E-state index in [0.717, 1.165) is 10.4 Å². The zero-order valence-electron chi connectivity index (χ0n) is 10.5. The van der Waals surface area contributed by atoms with E-state index in [4.69, 9.17) is 5.73 Å². The average Bonchev–Trinajstić information content (AvgIpc) is 2.86. The predicted octanol–water partition coefficient (Wildman–Crippen LogP) is 2.51. The van der Waals surface area contributed by atoms with E-state index in [9.17, 15) is 9.18 Å². The van der Waals surface area contributed by atoms with Crippen LogP contribution in [0.15, 0.2) is 35.7 Å². The molecular formula is C14H15FN2OS. The number of rotatable bonds is 5. The lowest BCUT2D eigenvalue weighted by atomic mass is 10.0. The van der Waals surface area contributed by atoms with E-state index in [1.54, 1.807) is 17.4 Å². The molecule has 0 saturated carbocycles. The van der Waals surface area contributed by atoms with E-state index in [0.29, 0.717) is 12.1 Å². The van der Waals surface area contributed by atoms with E-state index >= 15 is 0 Å². The molecule has 19 heavy (non-hydrogen) atoms. The molecule has 1 heterocycles. The molecule has 100 valence electrons. The maximum Gasteiger partial charge on any atom is 0.239 e. The summed E-state index contributed by atoms with van der Waals surface area (Å²) in [6.07, 6.45) is 0. The Kier molecular flexibility index (Phi) is 4.29. The Hall–Kier alpha value is -1.72. The highest BCUT2D eigenvalue weighted by molar-refractivity contribution is 7.09. The summed E-state index contributed by atoms with van der Waals surface area (Å²) < 4.78 is 13.3. The third-order valence-electron chi connectivity index (χ3n) is 2.90. The molecule has 0 saturated heterocycles. The molecule has 1 atom stereocenters. The third kappa shape index (κ3) is 3.39. The van der Waals surface area contributed by atoms with Crippen molar-refractivity contribution in [3.05, 3.63) is 57.5 Å². The number of nitrogens with one attached hydrogen (secondary N) is 1. The van der Waals surface area contributed by atoms with Crippen molar-refractivity contribution in [3.8, 4) is 0 Å². The summed E-state index contributed by atoms with van der Waals surface area (Å²) >= 11 is 1.59. The number of primary amides is 1. The smallest absolute Gasteiger partial charge is 0.239 e. The van der Waals surface area contributed by atoms with Crippen LogP contribution in [0.3, 0.4) is 0 Å². The molecule has 3 nitrogen and oxygen atoms in total. The van der Waals surface area contributed by atoms with Gasteiger partial charge >= 0.3 is 0 Å². The number of aryl methyl sites for hydroxylation is 1. The molecule has 2 aromatic rings. The fourth-order valence-corrected chi connectivity index (χ4v) is 2.56. The fraction of sp³-hybridized carbons (Fsp3) is 0.214. The zero-order valence-corrected chi connectivity index (χ0v) is 11.3. The maximum atomic E-state index is 13.3. The van der Waals surface area contributed by atoms with Gasteiger partial charge in [0.1, 0.15) is 11.9 Å². The van der Waals surface area contributed by atoms with Gasteiger partial charge in [0.05, 0.1) is 0 Å². The second-order valence-corrected chi connectivity index (χ2v) is 5.33. The van der Waals surface area contributed by atoms with Gasteiger partial charge in [0.2, 0.25) is 5.91 Å². The highest BCUT2D eigenvalue weighted by Gasteiger charge is 2.19. The number of nitrogens with two attached hydrogens (primary N) is 1. The minimum absolute atomic E-state index is 0.371. The Morgan fingerprint density at radius 3 is 2.89 bits per heavy atom. The van der Waals surface area contributed by atoms with Crippen LogP contribution in [0, 0.1) is 12.7 Å². The lowest BCUT2D eigenvalue weighted by molar-refractivity contribution is -0.120. The summed E-state index contributed by atoms with van der Waals surface area (Å²) in [4.78, 5) is 12.7. The first-order valence-electron chi connectivity index (χ1n) is 5.89. The Bertz CT molecular complexity index is 569. The predicted molar refractivity (Wildman–Crippen MR) is 74.2 cm³/mol. The van der Waals surface area contributed by atoms with E-state index in [1.165, 1.54) is 12.1 Å². The standard InChI is InChI=1S/C14H15FN2OS/c1-9-4-5-10(15)7-12(9)13(14(16)18)17-8-11-3-2-6-19-11/h2-7,13,17H,8H2,1H3,(H2,16,18). The van der Waals surface area contributed by atoms with Crippen LogP contribution in [0.4, 0.5) is 4.39 Å². The summed E-state index contributed by atoms with van der Waals surface area (Å²) in [7, 11) is 0. The lowest BCUT2D eigenvalue weighted by Gasteiger charge is -2.17. The maximum absolute atomic E-state index is 13.3. The van der Waals surface area contributed by atoms with Gasteiger partial charge in [0, 0.05) is 11.4 Å². The second-order valence-electron chi connectivity index (χ2n) is 4.30. The number of hydrogen-bond donors (Lipinski definition) is 2. The number of carbonyl (C=O) groups is 1. The number of halogens is 1. The molecule has 0 radical (unpaired) electrons. The van der Waals surface area contributed by atoms with Gasteiger partial charge in [0.25, 0.3) is 0 Å². The largest absolute Gasteiger partial charge is 0.368 e. The molecule has 0 aliphatic carbocycles. The van der Waals surface area contributed by atoms with Gasteiger partial charge in [-0.05, 0) is 41.6 Å². The van der Waals surface area contributed by atoms with Crippen LogP contribution < -0.4 is 11.1 Å². The molecule has 5 heteroatoms. The molecule has 1 unspecified atom stereocenters. The fourth-order valence-electron chi connectivity index (χ4n) is 1.90. The quantitative estimate of drug-likeness (QED) is 0.883. The van der Waals surface area contributed by atoms with E-state index in [2.05, 4.69) is 5.32 Å². The van der Waals surface area contributed by atoms with Gasteiger partial charge in [-0.1, -0.05) is 12.1 Å². The average molecular weight is 278 g/mol. The van der Waals surface area contributed by atoms with Crippen LogP contribution in [0.1, 0.15) is 22.0 Å². The Morgan fingerprint density at radius 2 is 2.26 bits per heavy atom. The van der Waals surface area contributed by atoms with E-state index in [-0.39, 0.29) is 5.82 Å². The van der Waals surface area contributed by atoms with Gasteiger partial charge in [0.15, 0.2) is 0 Å². The molecule has 0 spiro atoms. The van der Waals surface area contributed by atoms with Crippen molar-refractivity contribution >= 4 is 17.2 Å². The van der Waals surface area contributed by atoms with Crippen molar-refractivity contribution in [2.45, 2.75) is 19.5 Å². The Balaban J connectivity index is 2.20. The van der Waals surface area contributed by atoms with E-state index < -0.39 is 11.9 Å². The minimum Gasteiger partial charge on any atom is -0.368 e. The summed E-state index contributed by atoms with van der Waals surface area (Å²) in [5.74, 6) is -0.880. The number of amides is 1. The first kappa shape index (κ1) is 13.7.